The summed E-state index contributed by atoms with van der Waals surface area (Å²) in [6.45, 7) is 13.5. The number of ether oxygens (including phenoxy) is 2. The highest BCUT2D eigenvalue weighted by Crippen LogP contribution is 2.29. The minimum Gasteiger partial charge on any atom is -0.492 e. The van der Waals surface area contributed by atoms with Crippen LogP contribution in [0.1, 0.15) is 39.2 Å². The lowest BCUT2D eigenvalue weighted by atomic mass is 10.1. The van der Waals surface area contributed by atoms with Crippen molar-refractivity contribution < 1.29 is 19.2 Å². The number of nitro benzene ring substituents is 1. The van der Waals surface area contributed by atoms with Gasteiger partial charge in [-0.1, -0.05) is 19.9 Å². The predicted octanol–water partition coefficient (Wildman–Crippen LogP) is 3.95. The Hall–Kier alpha value is -2.61. The number of unbranched alkanes of at least 4 members (excludes halogenated alkanes) is 1. The van der Waals surface area contributed by atoms with Gasteiger partial charge in [-0.05, 0) is 31.9 Å². The zero-order chi connectivity index (χ0) is 21.4. The van der Waals surface area contributed by atoms with Gasteiger partial charge in [-0.3, -0.25) is 15.0 Å². The van der Waals surface area contributed by atoms with Gasteiger partial charge in [-0.15, -0.1) is 0 Å². The van der Waals surface area contributed by atoms with Crippen LogP contribution >= 0.6 is 0 Å². The summed E-state index contributed by atoms with van der Waals surface area (Å²) in [7, 11) is 0. The van der Waals surface area contributed by atoms with Crippen LogP contribution in [0.3, 0.4) is 0 Å². The second kappa shape index (κ2) is 10.8. The number of nitrogens with zero attached hydrogens (tertiary/aromatic N) is 3. The Labute approximate surface area is 172 Å². The van der Waals surface area contributed by atoms with Crippen LogP contribution in [0.25, 0.3) is 5.57 Å². The molecule has 1 saturated heterocycles. The summed E-state index contributed by atoms with van der Waals surface area (Å²) in [5.41, 5.74) is 1.38. The topological polar surface area (TPSA) is 85.2 Å². The normalized spacial score (nSPS) is 17.1. The standard InChI is InChI=1S/C21H31N3O5/c1-5-6-12-29-21(25)23-10-9-22(15-17(23)4)11-13-28-20-8-7-18(24(26)27)14-19(20)16(2)3/h7-8,14,17H,2,5-6,9-13,15H2,1,3-4H3/t17-/m0/s1. The van der Waals surface area contributed by atoms with E-state index in [1.165, 1.54) is 12.1 Å². The van der Waals surface area contributed by atoms with Gasteiger partial charge in [0.25, 0.3) is 5.69 Å². The number of non-ortho nitro benzene ring substituents is 1. The van der Waals surface area contributed by atoms with E-state index in [1.807, 2.05) is 6.92 Å². The summed E-state index contributed by atoms with van der Waals surface area (Å²) in [6, 6.07) is 4.62. The van der Waals surface area contributed by atoms with Crippen molar-refractivity contribution in [1.82, 2.24) is 9.80 Å². The molecule has 1 aliphatic rings. The predicted molar refractivity (Wildman–Crippen MR) is 112 cm³/mol. The van der Waals surface area contributed by atoms with Gasteiger partial charge in [0, 0.05) is 49.9 Å². The Bertz CT molecular complexity index is 737. The average molecular weight is 405 g/mol. The number of allylic oxidation sites excluding steroid dienone is 1. The number of piperazine rings is 1. The zero-order valence-corrected chi connectivity index (χ0v) is 17.6. The van der Waals surface area contributed by atoms with Gasteiger partial charge >= 0.3 is 6.09 Å². The van der Waals surface area contributed by atoms with Gasteiger partial charge in [0.1, 0.15) is 12.4 Å². The molecular formula is C21H31N3O5. The van der Waals surface area contributed by atoms with Gasteiger partial charge in [-0.25, -0.2) is 4.79 Å². The van der Waals surface area contributed by atoms with Crippen molar-refractivity contribution in [3.63, 3.8) is 0 Å². The first-order valence-corrected chi connectivity index (χ1v) is 10.1. The van der Waals surface area contributed by atoms with Crippen molar-refractivity contribution in [2.45, 2.75) is 39.7 Å². The first kappa shape index (κ1) is 22.7. The first-order valence-electron chi connectivity index (χ1n) is 10.1. The highest BCUT2D eigenvalue weighted by molar-refractivity contribution is 5.69. The number of carbonyl (C=O) groups excluding carboxylic acids is 1. The van der Waals surface area contributed by atoms with E-state index in [0.29, 0.717) is 43.2 Å². The van der Waals surface area contributed by atoms with Crippen LogP contribution in [-0.2, 0) is 4.74 Å². The molecule has 29 heavy (non-hydrogen) atoms. The van der Waals surface area contributed by atoms with Gasteiger partial charge in [0.15, 0.2) is 0 Å². The Kier molecular flexibility index (Phi) is 8.45. The summed E-state index contributed by atoms with van der Waals surface area (Å²) in [4.78, 5) is 26.7. The number of hydrogen-bond donors (Lipinski definition) is 0. The second-order valence-electron chi connectivity index (χ2n) is 7.38. The smallest absolute Gasteiger partial charge is 0.410 e. The maximum absolute atomic E-state index is 12.2. The summed E-state index contributed by atoms with van der Waals surface area (Å²) in [5, 5.41) is 11.0. The molecule has 1 amide bonds. The maximum Gasteiger partial charge on any atom is 0.410 e. The molecule has 160 valence electrons. The number of amides is 1. The molecule has 0 unspecified atom stereocenters. The van der Waals surface area contributed by atoms with Gasteiger partial charge in [0.05, 0.1) is 11.5 Å². The minimum absolute atomic E-state index is 0.0196. The zero-order valence-electron chi connectivity index (χ0n) is 17.6. The Balaban J connectivity index is 1.84. The van der Waals surface area contributed by atoms with Crippen molar-refractivity contribution in [2.75, 3.05) is 39.4 Å². The average Bonchev–Trinajstić information content (AvgIpc) is 2.68. The van der Waals surface area contributed by atoms with E-state index in [4.69, 9.17) is 9.47 Å². The summed E-state index contributed by atoms with van der Waals surface area (Å²) in [5.74, 6) is 0.592. The molecule has 8 heteroatoms. The monoisotopic (exact) mass is 405 g/mol. The number of rotatable bonds is 9. The van der Waals surface area contributed by atoms with E-state index >= 15 is 0 Å². The Morgan fingerprint density at radius 3 is 2.72 bits per heavy atom. The lowest BCUT2D eigenvalue weighted by Crippen LogP contribution is -2.54. The number of carbonyl (C=O) groups is 1. The Morgan fingerprint density at radius 2 is 2.10 bits per heavy atom. The van der Waals surface area contributed by atoms with Gasteiger partial charge < -0.3 is 14.4 Å². The Morgan fingerprint density at radius 1 is 1.34 bits per heavy atom. The molecule has 0 aromatic heterocycles. The maximum atomic E-state index is 12.2. The summed E-state index contributed by atoms with van der Waals surface area (Å²) < 4.78 is 11.2. The molecule has 0 bridgehead atoms. The third kappa shape index (κ3) is 6.45. The molecule has 0 saturated carbocycles. The quantitative estimate of drug-likeness (QED) is 0.351. The van der Waals surface area contributed by atoms with E-state index in [0.717, 1.165) is 25.9 Å². The molecular weight excluding hydrogens is 374 g/mol. The lowest BCUT2D eigenvalue weighted by molar-refractivity contribution is -0.384. The molecule has 1 fully saturated rings. The third-order valence-electron chi connectivity index (χ3n) is 4.97. The van der Waals surface area contributed by atoms with E-state index in [-0.39, 0.29) is 17.8 Å². The second-order valence-corrected chi connectivity index (χ2v) is 7.38. The molecule has 8 nitrogen and oxygen atoms in total. The molecule has 1 aromatic rings. The van der Waals surface area contributed by atoms with Crippen LogP contribution in [0.4, 0.5) is 10.5 Å². The fourth-order valence-corrected chi connectivity index (χ4v) is 3.27. The van der Waals surface area contributed by atoms with E-state index in [2.05, 4.69) is 18.4 Å². The molecule has 0 spiro atoms. The lowest BCUT2D eigenvalue weighted by Gasteiger charge is -2.39. The number of benzene rings is 1. The van der Waals surface area contributed by atoms with Crippen molar-refractivity contribution in [2.24, 2.45) is 0 Å². The van der Waals surface area contributed by atoms with Crippen molar-refractivity contribution >= 4 is 17.4 Å². The third-order valence-corrected chi connectivity index (χ3v) is 4.97. The molecule has 1 heterocycles. The van der Waals surface area contributed by atoms with Crippen LogP contribution < -0.4 is 4.74 Å². The molecule has 2 rings (SSSR count). The van der Waals surface area contributed by atoms with Gasteiger partial charge in [0.2, 0.25) is 0 Å². The van der Waals surface area contributed by atoms with Gasteiger partial charge in [-0.2, -0.15) is 0 Å². The van der Waals surface area contributed by atoms with Crippen LogP contribution in [0.2, 0.25) is 0 Å². The minimum atomic E-state index is -0.426. The van der Waals surface area contributed by atoms with Crippen molar-refractivity contribution in [3.8, 4) is 5.75 Å². The fourth-order valence-electron chi connectivity index (χ4n) is 3.27. The van der Waals surface area contributed by atoms with Crippen LogP contribution in [0.5, 0.6) is 5.75 Å². The fraction of sp³-hybridized carbons (Fsp3) is 0.571. The molecule has 0 N–H and O–H groups in total. The van der Waals surface area contributed by atoms with Crippen LogP contribution in [0, 0.1) is 10.1 Å². The van der Waals surface area contributed by atoms with Crippen molar-refractivity contribution in [1.29, 1.82) is 0 Å². The first-order chi connectivity index (χ1) is 13.8. The van der Waals surface area contributed by atoms with E-state index in [1.54, 1.807) is 17.9 Å². The molecule has 0 radical (unpaired) electrons. The molecule has 1 atom stereocenters. The molecule has 1 aliphatic heterocycles. The number of nitro groups is 1. The number of hydrogen-bond acceptors (Lipinski definition) is 6. The van der Waals surface area contributed by atoms with E-state index in [9.17, 15) is 14.9 Å². The van der Waals surface area contributed by atoms with Crippen molar-refractivity contribution in [3.05, 3.63) is 40.5 Å². The van der Waals surface area contributed by atoms with Crippen LogP contribution in [-0.4, -0.2) is 66.3 Å². The van der Waals surface area contributed by atoms with E-state index < -0.39 is 4.92 Å². The highest BCUT2D eigenvalue weighted by atomic mass is 16.6. The SMILES string of the molecule is C=C(C)c1cc([N+](=O)[O-])ccc1OCCN1CCN(C(=O)OCCCC)[C@@H](C)C1. The largest absolute Gasteiger partial charge is 0.492 e. The van der Waals surface area contributed by atoms with Crippen LogP contribution in [0.15, 0.2) is 24.8 Å². The summed E-state index contributed by atoms with van der Waals surface area (Å²) in [6.07, 6.45) is 1.64. The molecule has 1 aromatic carbocycles. The highest BCUT2D eigenvalue weighted by Gasteiger charge is 2.28. The summed E-state index contributed by atoms with van der Waals surface area (Å²) >= 11 is 0. The molecule has 0 aliphatic carbocycles.